The van der Waals surface area contributed by atoms with Crippen molar-refractivity contribution in [3.63, 3.8) is 0 Å². The Morgan fingerprint density at radius 2 is 2.04 bits per heavy atom. The number of amides is 1. The monoisotopic (exact) mass is 382 g/mol. The van der Waals surface area contributed by atoms with Crippen LogP contribution in [0.1, 0.15) is 47.0 Å². The number of aromatic nitrogens is 3. The molecule has 4 rings (SSSR count). The molecule has 2 N–H and O–H groups in total. The molecule has 0 bridgehead atoms. The number of aryl methyl sites for hydroxylation is 2. The molecule has 1 aliphatic rings. The van der Waals surface area contributed by atoms with Crippen LogP contribution in [0.15, 0.2) is 29.1 Å². The molecule has 0 radical (unpaired) electrons. The number of fused-ring (bicyclic) bond motifs is 2. The average Bonchev–Trinajstić information content (AvgIpc) is 3.11. The van der Waals surface area contributed by atoms with Gasteiger partial charge < -0.3 is 5.32 Å². The second-order valence-electron chi connectivity index (χ2n) is 6.93. The first-order chi connectivity index (χ1) is 13.1. The number of nitrogens with zero attached hydrogens (tertiary/aromatic N) is 2. The maximum atomic E-state index is 12.6. The van der Waals surface area contributed by atoms with Gasteiger partial charge in [-0.2, -0.15) is 5.10 Å². The maximum absolute atomic E-state index is 12.6. The van der Waals surface area contributed by atoms with Crippen molar-refractivity contribution < 1.29 is 4.79 Å². The second kappa shape index (κ2) is 7.60. The number of benzene rings is 1. The van der Waals surface area contributed by atoms with Crippen LogP contribution in [0, 0.1) is 0 Å². The highest BCUT2D eigenvalue weighted by atomic mass is 32.1. The number of carbonyl (C=O) groups excluding carboxylic acids is 1. The minimum atomic E-state index is -0.448. The molecule has 1 amide bonds. The Labute approximate surface area is 161 Å². The van der Waals surface area contributed by atoms with Gasteiger partial charge in [0.1, 0.15) is 0 Å². The highest BCUT2D eigenvalue weighted by molar-refractivity contribution is 7.11. The van der Waals surface area contributed by atoms with Crippen LogP contribution >= 0.6 is 11.3 Å². The van der Waals surface area contributed by atoms with Crippen molar-refractivity contribution >= 4 is 28.0 Å². The third kappa shape index (κ3) is 3.64. The fourth-order valence-electron chi connectivity index (χ4n) is 3.55. The number of H-pyrrole nitrogens is 1. The van der Waals surface area contributed by atoms with Gasteiger partial charge in [0.2, 0.25) is 5.91 Å². The standard InChI is InChI=1S/C20H22N4O2S/c1-12(18-13-6-2-3-7-14(13)20(26)24-23-18)19(25)21-11-10-17-22-15-8-4-5-9-16(15)27-17/h2-3,6-7,12H,4-5,8-11H2,1H3,(H,21,25)(H,24,26)/t12-/m0/s1. The first-order valence-corrected chi connectivity index (χ1v) is 10.2. The first kappa shape index (κ1) is 17.9. The summed E-state index contributed by atoms with van der Waals surface area (Å²) in [6.45, 7) is 2.36. The lowest BCUT2D eigenvalue weighted by Gasteiger charge is -2.13. The fourth-order valence-corrected chi connectivity index (χ4v) is 4.70. The largest absolute Gasteiger partial charge is 0.355 e. The van der Waals surface area contributed by atoms with Crippen molar-refractivity contribution in [2.75, 3.05) is 6.54 Å². The van der Waals surface area contributed by atoms with Gasteiger partial charge in [0, 0.05) is 23.2 Å². The number of aromatic amines is 1. The fraction of sp³-hybridized carbons (Fsp3) is 0.400. The molecule has 6 nitrogen and oxygen atoms in total. The van der Waals surface area contributed by atoms with E-state index in [1.807, 2.05) is 19.1 Å². The van der Waals surface area contributed by atoms with Crippen LogP contribution in [0.4, 0.5) is 0 Å². The Bertz CT molecular complexity index is 1020. The molecular formula is C20H22N4O2S. The smallest absolute Gasteiger partial charge is 0.272 e. The van der Waals surface area contributed by atoms with E-state index < -0.39 is 5.92 Å². The lowest BCUT2D eigenvalue weighted by Crippen LogP contribution is -2.31. The molecule has 2 heterocycles. The molecule has 0 spiro atoms. The molecule has 1 atom stereocenters. The Morgan fingerprint density at radius 3 is 2.85 bits per heavy atom. The van der Waals surface area contributed by atoms with Crippen molar-refractivity contribution in [1.82, 2.24) is 20.5 Å². The molecule has 7 heteroatoms. The van der Waals surface area contributed by atoms with E-state index in [4.69, 9.17) is 4.98 Å². The highest BCUT2D eigenvalue weighted by Gasteiger charge is 2.20. The van der Waals surface area contributed by atoms with Crippen LogP contribution in [-0.4, -0.2) is 27.6 Å². The van der Waals surface area contributed by atoms with Crippen LogP contribution in [0.3, 0.4) is 0 Å². The maximum Gasteiger partial charge on any atom is 0.272 e. The Balaban J connectivity index is 1.42. The zero-order chi connectivity index (χ0) is 18.8. The van der Waals surface area contributed by atoms with Crippen molar-refractivity contribution in [3.8, 4) is 0 Å². The topological polar surface area (TPSA) is 87.7 Å². The van der Waals surface area contributed by atoms with Crippen molar-refractivity contribution in [2.24, 2.45) is 0 Å². The normalized spacial score (nSPS) is 14.7. The number of thiazole rings is 1. The zero-order valence-electron chi connectivity index (χ0n) is 15.2. The lowest BCUT2D eigenvalue weighted by molar-refractivity contribution is -0.122. The van der Waals surface area contributed by atoms with E-state index in [1.165, 1.54) is 23.4 Å². The summed E-state index contributed by atoms with van der Waals surface area (Å²) in [5, 5.41) is 12.0. The van der Waals surface area contributed by atoms with Gasteiger partial charge in [0.25, 0.3) is 5.56 Å². The molecule has 0 aliphatic heterocycles. The summed E-state index contributed by atoms with van der Waals surface area (Å²) in [5.74, 6) is -0.544. The minimum absolute atomic E-state index is 0.0963. The molecule has 0 unspecified atom stereocenters. The van der Waals surface area contributed by atoms with Gasteiger partial charge in [0.15, 0.2) is 0 Å². The predicted octanol–water partition coefficient (Wildman–Crippen LogP) is 2.72. The van der Waals surface area contributed by atoms with Crippen molar-refractivity contribution in [2.45, 2.75) is 44.9 Å². The van der Waals surface area contributed by atoms with Crippen molar-refractivity contribution in [1.29, 1.82) is 0 Å². The molecule has 0 saturated heterocycles. The quantitative estimate of drug-likeness (QED) is 0.710. The van der Waals surface area contributed by atoms with E-state index in [-0.39, 0.29) is 11.5 Å². The Hall–Kier alpha value is -2.54. The van der Waals surface area contributed by atoms with Gasteiger partial charge in [-0.05, 0) is 38.7 Å². The highest BCUT2D eigenvalue weighted by Crippen LogP contribution is 2.27. The van der Waals surface area contributed by atoms with Gasteiger partial charge in [0.05, 0.1) is 27.7 Å². The average molecular weight is 382 g/mol. The summed E-state index contributed by atoms with van der Waals surface area (Å²) >= 11 is 1.78. The number of rotatable bonds is 5. The SMILES string of the molecule is C[C@H](C(=O)NCCc1nc2c(s1)CCCC2)c1n[nH]c(=O)c2ccccc12. The summed E-state index contributed by atoms with van der Waals surface area (Å²) in [5.41, 5.74) is 1.60. The predicted molar refractivity (Wildman–Crippen MR) is 106 cm³/mol. The molecule has 1 aromatic carbocycles. The molecule has 3 aromatic rings. The molecule has 27 heavy (non-hydrogen) atoms. The third-order valence-corrected chi connectivity index (χ3v) is 6.27. The van der Waals surface area contributed by atoms with E-state index in [1.54, 1.807) is 23.5 Å². The van der Waals surface area contributed by atoms with E-state index in [9.17, 15) is 9.59 Å². The minimum Gasteiger partial charge on any atom is -0.355 e. The Kier molecular flexibility index (Phi) is 5.03. The number of nitrogens with one attached hydrogen (secondary N) is 2. The van der Waals surface area contributed by atoms with Gasteiger partial charge in [-0.25, -0.2) is 10.1 Å². The summed E-state index contributed by atoms with van der Waals surface area (Å²) in [6.07, 6.45) is 5.45. The molecular weight excluding hydrogens is 360 g/mol. The molecule has 0 fully saturated rings. The van der Waals surface area contributed by atoms with E-state index >= 15 is 0 Å². The summed E-state index contributed by atoms with van der Waals surface area (Å²) in [7, 11) is 0. The summed E-state index contributed by atoms with van der Waals surface area (Å²) < 4.78 is 0. The van der Waals surface area contributed by atoms with Crippen LogP contribution in [0.2, 0.25) is 0 Å². The molecule has 0 saturated carbocycles. The lowest BCUT2D eigenvalue weighted by atomic mass is 10.0. The summed E-state index contributed by atoms with van der Waals surface area (Å²) in [4.78, 5) is 30.6. The van der Waals surface area contributed by atoms with Gasteiger partial charge in [-0.15, -0.1) is 11.3 Å². The van der Waals surface area contributed by atoms with Crippen molar-refractivity contribution in [3.05, 3.63) is 55.9 Å². The molecule has 140 valence electrons. The van der Waals surface area contributed by atoms with Crippen LogP contribution in [0.25, 0.3) is 10.8 Å². The van der Waals surface area contributed by atoms with E-state index in [0.717, 1.165) is 29.7 Å². The Morgan fingerprint density at radius 1 is 1.26 bits per heavy atom. The van der Waals surface area contributed by atoms with Gasteiger partial charge in [-0.3, -0.25) is 9.59 Å². The molecule has 1 aliphatic carbocycles. The van der Waals surface area contributed by atoms with Gasteiger partial charge >= 0.3 is 0 Å². The van der Waals surface area contributed by atoms with Crippen LogP contribution in [-0.2, 0) is 24.1 Å². The van der Waals surface area contributed by atoms with Crippen LogP contribution < -0.4 is 10.9 Å². The van der Waals surface area contributed by atoms with Gasteiger partial charge in [-0.1, -0.05) is 18.2 Å². The molecule has 2 aromatic heterocycles. The third-order valence-electron chi connectivity index (χ3n) is 5.06. The number of hydrogen-bond acceptors (Lipinski definition) is 5. The number of hydrogen-bond donors (Lipinski definition) is 2. The van der Waals surface area contributed by atoms with Crippen LogP contribution in [0.5, 0.6) is 0 Å². The first-order valence-electron chi connectivity index (χ1n) is 9.36. The van der Waals surface area contributed by atoms with E-state index in [0.29, 0.717) is 17.6 Å². The second-order valence-corrected chi connectivity index (χ2v) is 8.10. The number of carbonyl (C=O) groups is 1. The summed E-state index contributed by atoms with van der Waals surface area (Å²) in [6, 6.07) is 7.23. The van der Waals surface area contributed by atoms with E-state index in [2.05, 4.69) is 15.5 Å². The zero-order valence-corrected chi connectivity index (χ0v) is 16.1.